The normalized spacial score (nSPS) is 19.8. The fraction of sp³-hybridized carbons (Fsp3) is 0.520. The minimum absolute atomic E-state index is 0.0663. The number of anilines is 2. The Bertz CT molecular complexity index is 1150. The van der Waals surface area contributed by atoms with Gasteiger partial charge in [-0.2, -0.15) is 0 Å². The molecule has 0 unspecified atom stereocenters. The number of aliphatic imine (C=N–C) groups is 1. The molecule has 1 saturated heterocycles. The van der Waals surface area contributed by atoms with Crippen LogP contribution in [0.15, 0.2) is 29.3 Å². The minimum atomic E-state index is -0.810. The van der Waals surface area contributed by atoms with Gasteiger partial charge in [-0.05, 0) is 57.2 Å². The van der Waals surface area contributed by atoms with E-state index in [1.54, 1.807) is 0 Å². The van der Waals surface area contributed by atoms with Crippen molar-refractivity contribution in [3.05, 3.63) is 40.7 Å². The zero-order valence-corrected chi connectivity index (χ0v) is 22.6. The molecule has 1 aromatic carbocycles. The molecule has 1 amide bonds. The summed E-state index contributed by atoms with van der Waals surface area (Å²) in [5.41, 5.74) is 17.9. The highest BCUT2D eigenvalue weighted by molar-refractivity contribution is 6.31. The van der Waals surface area contributed by atoms with Crippen LogP contribution in [0.2, 0.25) is 5.15 Å². The lowest BCUT2D eigenvalue weighted by atomic mass is 10.1. The van der Waals surface area contributed by atoms with Crippen molar-refractivity contribution >= 4 is 35.1 Å². The van der Waals surface area contributed by atoms with E-state index in [9.17, 15) is 9.90 Å². The van der Waals surface area contributed by atoms with E-state index in [1.807, 2.05) is 45.0 Å². The van der Waals surface area contributed by atoms with Crippen LogP contribution in [0.5, 0.6) is 5.75 Å². The van der Waals surface area contributed by atoms with Crippen molar-refractivity contribution in [1.29, 1.82) is 0 Å². The SMILES string of the molecule is CC[C@@H]1OC(C)(C)O[C@@H]1[C@H](O)COc1cccc(CCCCN=C(N)NC(=O)c2nc(Cl)c(N)nc2N)c1. The van der Waals surface area contributed by atoms with Crippen molar-refractivity contribution in [3.63, 3.8) is 0 Å². The van der Waals surface area contributed by atoms with E-state index in [2.05, 4.69) is 20.3 Å². The molecule has 8 N–H and O–H groups in total. The highest BCUT2D eigenvalue weighted by Crippen LogP contribution is 2.31. The van der Waals surface area contributed by atoms with Crippen LogP contribution in [0.4, 0.5) is 11.6 Å². The van der Waals surface area contributed by atoms with E-state index < -0.39 is 23.9 Å². The molecule has 38 heavy (non-hydrogen) atoms. The lowest BCUT2D eigenvalue weighted by Gasteiger charge is -2.22. The Labute approximate surface area is 226 Å². The molecule has 1 aliphatic rings. The molecule has 0 saturated carbocycles. The first-order valence-electron chi connectivity index (χ1n) is 12.4. The lowest BCUT2D eigenvalue weighted by molar-refractivity contribution is -0.156. The fourth-order valence-electron chi connectivity index (χ4n) is 4.04. The Hall–Kier alpha value is -3.19. The third-order valence-electron chi connectivity index (χ3n) is 5.84. The number of nitrogens with one attached hydrogen (secondary N) is 1. The van der Waals surface area contributed by atoms with Gasteiger partial charge in [0.1, 0.15) is 24.6 Å². The van der Waals surface area contributed by atoms with Crippen LogP contribution in [0.3, 0.4) is 0 Å². The molecule has 0 aliphatic carbocycles. The van der Waals surface area contributed by atoms with Gasteiger partial charge in [-0.1, -0.05) is 30.7 Å². The number of amides is 1. The zero-order valence-electron chi connectivity index (χ0n) is 21.8. The number of ether oxygens (including phenoxy) is 3. The Morgan fingerprint density at radius 3 is 2.76 bits per heavy atom. The van der Waals surface area contributed by atoms with Crippen LogP contribution in [0.1, 0.15) is 56.1 Å². The molecule has 13 heteroatoms. The Morgan fingerprint density at radius 1 is 1.26 bits per heavy atom. The number of aliphatic hydroxyl groups is 1. The Morgan fingerprint density at radius 2 is 2.03 bits per heavy atom. The van der Waals surface area contributed by atoms with Gasteiger partial charge in [-0.25, -0.2) is 9.97 Å². The maximum absolute atomic E-state index is 12.3. The molecule has 3 atom stereocenters. The first kappa shape index (κ1) is 29.4. The number of halogens is 1. The van der Waals surface area contributed by atoms with Crippen molar-refractivity contribution in [2.75, 3.05) is 24.6 Å². The van der Waals surface area contributed by atoms with Gasteiger partial charge < -0.3 is 36.5 Å². The van der Waals surface area contributed by atoms with Crippen molar-refractivity contribution in [3.8, 4) is 5.75 Å². The third kappa shape index (κ3) is 8.15. The van der Waals surface area contributed by atoms with E-state index in [4.69, 9.17) is 43.0 Å². The maximum atomic E-state index is 12.3. The highest BCUT2D eigenvalue weighted by Gasteiger charge is 2.44. The third-order valence-corrected chi connectivity index (χ3v) is 6.12. The van der Waals surface area contributed by atoms with Gasteiger partial charge >= 0.3 is 0 Å². The summed E-state index contributed by atoms with van der Waals surface area (Å²) in [6, 6.07) is 7.71. The number of aryl methyl sites for hydroxylation is 1. The number of aromatic nitrogens is 2. The predicted molar refractivity (Wildman–Crippen MR) is 145 cm³/mol. The molecule has 3 rings (SSSR count). The predicted octanol–water partition coefficient (Wildman–Crippen LogP) is 2.03. The molecule has 12 nitrogen and oxygen atoms in total. The summed E-state index contributed by atoms with van der Waals surface area (Å²) in [6.07, 6.45) is 1.68. The molecule has 1 aliphatic heterocycles. The molecule has 1 fully saturated rings. The second-order valence-corrected chi connectivity index (χ2v) is 9.74. The molecule has 0 spiro atoms. The van der Waals surface area contributed by atoms with Crippen LogP contribution < -0.4 is 27.3 Å². The van der Waals surface area contributed by atoms with Gasteiger partial charge in [0.25, 0.3) is 5.91 Å². The van der Waals surface area contributed by atoms with Crippen molar-refractivity contribution in [1.82, 2.24) is 15.3 Å². The monoisotopic (exact) mass is 549 g/mol. The van der Waals surface area contributed by atoms with Crippen LogP contribution >= 0.6 is 11.6 Å². The highest BCUT2D eigenvalue weighted by atomic mass is 35.5. The summed E-state index contributed by atoms with van der Waals surface area (Å²) in [5.74, 6) is -1.03. The molecule has 208 valence electrons. The summed E-state index contributed by atoms with van der Waals surface area (Å²) in [5, 5.41) is 12.9. The summed E-state index contributed by atoms with van der Waals surface area (Å²) in [6.45, 7) is 6.19. The first-order chi connectivity index (χ1) is 18.0. The van der Waals surface area contributed by atoms with E-state index in [-0.39, 0.29) is 41.2 Å². The van der Waals surface area contributed by atoms with Crippen LogP contribution in [-0.4, -0.2) is 64.2 Å². The molecule has 2 heterocycles. The maximum Gasteiger partial charge on any atom is 0.280 e. The fourth-order valence-corrected chi connectivity index (χ4v) is 4.16. The van der Waals surface area contributed by atoms with Crippen LogP contribution in [-0.2, 0) is 15.9 Å². The van der Waals surface area contributed by atoms with Gasteiger partial charge in [-0.15, -0.1) is 0 Å². The molecular weight excluding hydrogens is 514 g/mol. The number of carbonyl (C=O) groups excluding carboxylic acids is 1. The molecular formula is C25H36ClN7O5. The lowest BCUT2D eigenvalue weighted by Crippen LogP contribution is -2.39. The Kier molecular flexibility index (Phi) is 10.1. The van der Waals surface area contributed by atoms with Crippen molar-refractivity contribution in [2.24, 2.45) is 10.7 Å². The minimum Gasteiger partial charge on any atom is -0.491 e. The van der Waals surface area contributed by atoms with Gasteiger partial charge in [0.15, 0.2) is 34.2 Å². The van der Waals surface area contributed by atoms with Gasteiger partial charge in [0, 0.05) is 6.54 Å². The van der Waals surface area contributed by atoms with E-state index >= 15 is 0 Å². The Balaban J connectivity index is 1.41. The average molecular weight is 550 g/mol. The topological polar surface area (TPSA) is 193 Å². The zero-order chi connectivity index (χ0) is 27.9. The molecule has 2 aromatic rings. The number of hydrogen-bond donors (Lipinski definition) is 5. The van der Waals surface area contributed by atoms with Crippen molar-refractivity contribution < 1.29 is 24.1 Å². The van der Waals surface area contributed by atoms with E-state index in [0.29, 0.717) is 12.3 Å². The summed E-state index contributed by atoms with van der Waals surface area (Å²) < 4.78 is 17.5. The number of guanidine groups is 1. The average Bonchev–Trinajstić information content (AvgIpc) is 3.19. The van der Waals surface area contributed by atoms with Gasteiger partial charge in [-0.3, -0.25) is 15.1 Å². The number of rotatable bonds is 11. The van der Waals surface area contributed by atoms with Crippen molar-refractivity contribution in [2.45, 2.75) is 70.6 Å². The summed E-state index contributed by atoms with van der Waals surface area (Å²) in [7, 11) is 0. The second kappa shape index (κ2) is 13.1. The number of hydrogen-bond acceptors (Lipinski definition) is 10. The molecule has 0 radical (unpaired) electrons. The largest absolute Gasteiger partial charge is 0.491 e. The van der Waals surface area contributed by atoms with Crippen LogP contribution in [0, 0.1) is 0 Å². The molecule has 0 bridgehead atoms. The standard InChI is InChI=1S/C25H36ClN7O5/c1-4-17-19(38-25(2,3)37-17)16(34)13-36-15-10-7-9-14(12-15)8-5-6-11-30-24(29)33-23(35)18-21(27)32-22(28)20(26)31-18/h7,9-10,12,16-17,19,34H,4-6,8,11,13H2,1-3H3,(H4,27,28,32)(H3,29,30,33,35)/t16-,17+,19-/m1/s1. The number of aliphatic hydroxyl groups excluding tert-OH is 1. The van der Waals surface area contributed by atoms with Gasteiger partial charge in [0.05, 0.1) is 6.10 Å². The number of nitrogen functional groups attached to an aromatic ring is 2. The van der Waals surface area contributed by atoms with E-state index in [0.717, 1.165) is 31.2 Å². The first-order valence-corrected chi connectivity index (χ1v) is 12.8. The second-order valence-electron chi connectivity index (χ2n) is 9.38. The quantitative estimate of drug-likeness (QED) is 0.157. The molecule has 1 aromatic heterocycles. The number of nitrogens with zero attached hydrogens (tertiary/aromatic N) is 3. The van der Waals surface area contributed by atoms with Gasteiger partial charge in [0.2, 0.25) is 0 Å². The summed E-state index contributed by atoms with van der Waals surface area (Å²) >= 11 is 5.80. The number of carbonyl (C=O) groups is 1. The van der Waals surface area contributed by atoms with Crippen LogP contribution in [0.25, 0.3) is 0 Å². The smallest absolute Gasteiger partial charge is 0.280 e. The van der Waals surface area contributed by atoms with E-state index in [1.165, 1.54) is 0 Å². The number of nitrogens with two attached hydrogens (primary N) is 3. The number of unbranched alkanes of at least 4 members (excludes halogenated alkanes) is 1. The number of benzene rings is 1. The summed E-state index contributed by atoms with van der Waals surface area (Å²) in [4.78, 5) is 24.0.